The van der Waals surface area contributed by atoms with Gasteiger partial charge in [-0.15, -0.1) is 0 Å². The second-order valence-corrected chi connectivity index (χ2v) is 7.35. The van der Waals surface area contributed by atoms with Crippen LogP contribution in [0.2, 0.25) is 0 Å². The van der Waals surface area contributed by atoms with Crippen molar-refractivity contribution in [1.29, 1.82) is 0 Å². The van der Waals surface area contributed by atoms with Crippen LogP contribution in [0.1, 0.15) is 38.2 Å². The molecule has 0 aliphatic heterocycles. The van der Waals surface area contributed by atoms with Crippen LogP contribution in [0.25, 0.3) is 0 Å². The molecule has 4 nitrogen and oxygen atoms in total. The average molecular weight is 296 g/mol. The summed E-state index contributed by atoms with van der Waals surface area (Å²) in [6, 6.07) is 7.13. The van der Waals surface area contributed by atoms with E-state index in [0.29, 0.717) is 17.4 Å². The van der Waals surface area contributed by atoms with Crippen LogP contribution >= 0.6 is 0 Å². The van der Waals surface area contributed by atoms with Gasteiger partial charge in [0.15, 0.2) is 0 Å². The van der Waals surface area contributed by atoms with Crippen LogP contribution < -0.4 is 10.5 Å². The molecule has 0 saturated heterocycles. The van der Waals surface area contributed by atoms with Crippen LogP contribution in [-0.2, 0) is 16.4 Å². The van der Waals surface area contributed by atoms with Crippen molar-refractivity contribution in [3.05, 3.63) is 29.8 Å². The Hall–Kier alpha value is -0.910. The van der Waals surface area contributed by atoms with Crippen LogP contribution in [0.4, 0.5) is 0 Å². The molecule has 0 amide bonds. The minimum absolute atomic E-state index is 0.0191. The largest absolute Gasteiger partial charge is 0.330 e. The first-order valence-electron chi connectivity index (χ1n) is 7.34. The summed E-state index contributed by atoms with van der Waals surface area (Å²) in [4.78, 5) is 0.347. The van der Waals surface area contributed by atoms with E-state index in [4.69, 9.17) is 5.73 Å². The number of nitrogens with two attached hydrogens (primary N) is 1. The quantitative estimate of drug-likeness (QED) is 0.809. The van der Waals surface area contributed by atoms with Gasteiger partial charge in [0, 0.05) is 6.04 Å². The van der Waals surface area contributed by atoms with Gasteiger partial charge in [-0.25, -0.2) is 13.1 Å². The first kappa shape index (κ1) is 15.5. The summed E-state index contributed by atoms with van der Waals surface area (Å²) in [7, 11) is -3.39. The Balaban J connectivity index is 2.01. The lowest BCUT2D eigenvalue weighted by atomic mass is 9.81. The molecule has 1 aromatic carbocycles. The third-order valence-electron chi connectivity index (χ3n) is 4.10. The third-order valence-corrected chi connectivity index (χ3v) is 5.68. The molecule has 0 spiro atoms. The van der Waals surface area contributed by atoms with E-state index in [0.717, 1.165) is 31.2 Å². The maximum absolute atomic E-state index is 12.3. The van der Waals surface area contributed by atoms with Gasteiger partial charge in [0.2, 0.25) is 10.0 Å². The summed E-state index contributed by atoms with van der Waals surface area (Å²) in [5.74, 6) is 0.494. The lowest BCUT2D eigenvalue weighted by Gasteiger charge is -2.31. The van der Waals surface area contributed by atoms with Gasteiger partial charge in [0.05, 0.1) is 4.90 Å². The second-order valence-electron chi connectivity index (χ2n) is 5.64. The van der Waals surface area contributed by atoms with Gasteiger partial charge in [-0.3, -0.25) is 0 Å². The third kappa shape index (κ3) is 3.81. The molecule has 1 unspecified atom stereocenters. The summed E-state index contributed by atoms with van der Waals surface area (Å²) in [5, 5.41) is 0. The molecule has 0 bridgehead atoms. The van der Waals surface area contributed by atoms with E-state index in [1.807, 2.05) is 19.1 Å². The fourth-order valence-electron chi connectivity index (χ4n) is 2.49. The summed E-state index contributed by atoms with van der Waals surface area (Å²) in [5.41, 5.74) is 6.60. The van der Waals surface area contributed by atoms with Crippen molar-refractivity contribution in [2.75, 3.05) is 6.54 Å². The number of rotatable bonds is 7. The fraction of sp³-hybridized carbons (Fsp3) is 0.600. The molecule has 1 aliphatic carbocycles. The molecule has 5 heteroatoms. The summed E-state index contributed by atoms with van der Waals surface area (Å²) < 4.78 is 27.4. The van der Waals surface area contributed by atoms with Crippen molar-refractivity contribution in [3.8, 4) is 0 Å². The average Bonchev–Trinajstić information content (AvgIpc) is 2.34. The van der Waals surface area contributed by atoms with Crippen LogP contribution in [0.15, 0.2) is 29.2 Å². The highest BCUT2D eigenvalue weighted by atomic mass is 32.2. The minimum Gasteiger partial charge on any atom is -0.330 e. The number of nitrogens with one attached hydrogen (secondary N) is 1. The first-order chi connectivity index (χ1) is 9.53. The zero-order chi connectivity index (χ0) is 14.6. The van der Waals surface area contributed by atoms with E-state index in [1.165, 1.54) is 6.42 Å². The summed E-state index contributed by atoms with van der Waals surface area (Å²) >= 11 is 0. The Morgan fingerprint density at radius 1 is 1.30 bits per heavy atom. The van der Waals surface area contributed by atoms with Crippen molar-refractivity contribution in [2.45, 2.75) is 50.0 Å². The van der Waals surface area contributed by atoms with Crippen molar-refractivity contribution < 1.29 is 8.42 Å². The lowest BCUT2D eigenvalue weighted by molar-refractivity contribution is 0.260. The Labute approximate surface area is 121 Å². The molecular formula is C15H24N2O2S. The maximum atomic E-state index is 12.3. The molecule has 112 valence electrons. The van der Waals surface area contributed by atoms with Gasteiger partial charge < -0.3 is 5.73 Å². The normalized spacial score (nSPS) is 17.7. The number of hydrogen-bond donors (Lipinski definition) is 2. The van der Waals surface area contributed by atoms with Crippen molar-refractivity contribution in [3.63, 3.8) is 0 Å². The number of aryl methyl sites for hydroxylation is 1. The summed E-state index contributed by atoms with van der Waals surface area (Å²) in [6.45, 7) is 2.61. The lowest BCUT2D eigenvalue weighted by Crippen LogP contribution is -2.40. The van der Waals surface area contributed by atoms with E-state index >= 15 is 0 Å². The highest BCUT2D eigenvalue weighted by Gasteiger charge is 2.27. The molecule has 3 N–H and O–H groups in total. The van der Waals surface area contributed by atoms with Gasteiger partial charge >= 0.3 is 0 Å². The van der Waals surface area contributed by atoms with Gasteiger partial charge in [-0.1, -0.05) is 18.6 Å². The maximum Gasteiger partial charge on any atom is 0.240 e. The van der Waals surface area contributed by atoms with E-state index in [2.05, 4.69) is 4.72 Å². The molecule has 1 aliphatic rings. The second kappa shape index (κ2) is 6.70. The smallest absolute Gasteiger partial charge is 0.240 e. The molecule has 0 radical (unpaired) electrons. The highest BCUT2D eigenvalue weighted by Crippen LogP contribution is 2.30. The van der Waals surface area contributed by atoms with Crippen molar-refractivity contribution in [1.82, 2.24) is 4.72 Å². The topological polar surface area (TPSA) is 72.2 Å². The first-order valence-corrected chi connectivity index (χ1v) is 8.82. The zero-order valence-corrected chi connectivity index (χ0v) is 12.8. The summed E-state index contributed by atoms with van der Waals surface area (Å²) in [6.07, 6.45) is 5.28. The monoisotopic (exact) mass is 296 g/mol. The molecule has 20 heavy (non-hydrogen) atoms. The van der Waals surface area contributed by atoms with Gasteiger partial charge in [0.1, 0.15) is 0 Å². The highest BCUT2D eigenvalue weighted by molar-refractivity contribution is 7.89. The van der Waals surface area contributed by atoms with E-state index in [-0.39, 0.29) is 6.04 Å². The molecule has 1 atom stereocenters. The molecule has 1 saturated carbocycles. The van der Waals surface area contributed by atoms with Gasteiger partial charge in [-0.05, 0) is 62.8 Å². The Bertz CT molecular complexity index is 521. The van der Waals surface area contributed by atoms with Crippen molar-refractivity contribution in [2.24, 2.45) is 11.7 Å². The number of hydrogen-bond acceptors (Lipinski definition) is 3. The fourth-order valence-corrected chi connectivity index (χ4v) is 3.80. The molecule has 1 aromatic rings. The Kier molecular flexibility index (Phi) is 5.18. The van der Waals surface area contributed by atoms with Gasteiger partial charge in [-0.2, -0.15) is 0 Å². The van der Waals surface area contributed by atoms with Crippen LogP contribution in [0, 0.1) is 5.92 Å². The van der Waals surface area contributed by atoms with Crippen LogP contribution in [-0.4, -0.2) is 21.0 Å². The molecular weight excluding hydrogens is 272 g/mol. The molecule has 0 heterocycles. The van der Waals surface area contributed by atoms with E-state index in [1.54, 1.807) is 12.1 Å². The molecule has 2 rings (SSSR count). The SMILES string of the molecule is CC(NS(=O)(=O)c1ccc(CCCN)cc1)C1CCC1. The molecule has 0 aromatic heterocycles. The Morgan fingerprint density at radius 3 is 2.45 bits per heavy atom. The Morgan fingerprint density at radius 2 is 1.95 bits per heavy atom. The minimum atomic E-state index is -3.39. The number of sulfonamides is 1. The predicted molar refractivity (Wildman–Crippen MR) is 80.9 cm³/mol. The van der Waals surface area contributed by atoms with E-state index in [9.17, 15) is 8.42 Å². The van der Waals surface area contributed by atoms with Gasteiger partial charge in [0.25, 0.3) is 0 Å². The number of benzene rings is 1. The van der Waals surface area contributed by atoms with Crippen molar-refractivity contribution >= 4 is 10.0 Å². The van der Waals surface area contributed by atoms with Crippen LogP contribution in [0.3, 0.4) is 0 Å². The van der Waals surface area contributed by atoms with Crippen LogP contribution in [0.5, 0.6) is 0 Å². The predicted octanol–water partition coefficient (Wildman–Crippen LogP) is 2.04. The molecule has 1 fully saturated rings. The standard InChI is InChI=1S/C15H24N2O2S/c1-12(14-5-2-6-14)17-20(18,19)15-9-7-13(8-10-15)4-3-11-16/h7-10,12,14,17H,2-6,11,16H2,1H3. The van der Waals surface area contributed by atoms with E-state index < -0.39 is 10.0 Å². The zero-order valence-electron chi connectivity index (χ0n) is 12.0.